The molecule has 0 fully saturated rings. The maximum Gasteiger partial charge on any atom is 0.184 e. The van der Waals surface area contributed by atoms with E-state index in [0.717, 1.165) is 103 Å². The van der Waals surface area contributed by atoms with Crippen LogP contribution < -0.4 is 42.5 Å². The molecule has 0 unspecified atom stereocenters. The molecule has 0 aliphatic carbocycles. The van der Waals surface area contributed by atoms with Gasteiger partial charge in [0.15, 0.2) is 92.4 Å². The van der Waals surface area contributed by atoms with Crippen LogP contribution in [0.4, 0.5) is 46.5 Å². The van der Waals surface area contributed by atoms with Crippen LogP contribution in [0.15, 0.2) is 0 Å². The van der Waals surface area contributed by atoms with Crippen molar-refractivity contribution < 1.29 is 0 Å². The zero-order valence-corrected chi connectivity index (χ0v) is 48.2. The summed E-state index contributed by atoms with van der Waals surface area (Å²) in [6.45, 7) is 23.0. The fraction of sp³-hybridized carbons (Fsp3) is 0.571. The molecule has 24 heteroatoms. The lowest BCUT2D eigenvalue weighted by Crippen LogP contribution is -2.12. The standard InChI is InChI=1S/C56H82N24/c1-9-17-25-57-49-50(58-26-18-10-2)66-34-33(65-49)41-73-42(34)78-44-37-38(70-54(62-30-22-14-6)53(69-37)61-29-21-13-5)46(75-44)80-48-40-39(71-55(63-31-23-15-7)56(72-40)64-32-24-16-8)47(76-48)79-45-36-35(43(74-45)77-41)67-51(59-27-19-11-3)52(68-36)60-28-20-12-4/h9-32H2,1-8H3,(H,57,65)(H,58,66)(H,59,67)(H,60,68)(H,61,69)(H,62,70)(H,63,71)(H,64,72)(H2,73,74,75,76,77,78,79,80). The van der Waals surface area contributed by atoms with Crippen LogP contribution in [0.5, 0.6) is 0 Å². The van der Waals surface area contributed by atoms with E-state index in [2.05, 4.69) is 108 Å². The van der Waals surface area contributed by atoms with Crippen molar-refractivity contribution in [2.75, 3.05) is 94.9 Å². The van der Waals surface area contributed by atoms with E-state index in [1.165, 1.54) is 0 Å². The molecule has 0 amide bonds. The summed E-state index contributed by atoms with van der Waals surface area (Å²) in [5.41, 5.74) is 5.04. The fourth-order valence-electron chi connectivity index (χ4n) is 9.01. The van der Waals surface area contributed by atoms with Gasteiger partial charge in [-0.2, -0.15) is 0 Å². The highest BCUT2D eigenvalue weighted by Gasteiger charge is 2.30. The summed E-state index contributed by atoms with van der Waals surface area (Å²) < 4.78 is 0. The average Bonchev–Trinajstić information content (AvgIpc) is 4.23. The molecule has 0 spiro atoms. The molecule has 9 heterocycles. The lowest BCUT2D eigenvalue weighted by atomic mass is 10.3. The van der Waals surface area contributed by atoms with Gasteiger partial charge in [0, 0.05) is 52.4 Å². The van der Waals surface area contributed by atoms with Crippen molar-refractivity contribution in [3.05, 3.63) is 0 Å². The Balaban J connectivity index is 1.41. The number of anilines is 8. The number of unbranched alkanes of at least 4 members (excludes halogenated alkanes) is 8. The van der Waals surface area contributed by atoms with Crippen molar-refractivity contribution in [2.24, 2.45) is 0 Å². The molecular weight excluding hydrogens is 1010 g/mol. The molecule has 8 bridgehead atoms. The van der Waals surface area contributed by atoms with Crippen molar-refractivity contribution in [1.82, 2.24) is 79.7 Å². The minimum absolute atomic E-state index is 0.270. The molecule has 0 atom stereocenters. The zero-order chi connectivity index (χ0) is 55.8. The summed E-state index contributed by atoms with van der Waals surface area (Å²) in [5, 5.41) is 28.5. The van der Waals surface area contributed by atoms with E-state index < -0.39 is 0 Å². The number of H-pyrrole nitrogens is 2. The van der Waals surface area contributed by atoms with Gasteiger partial charge in [0.1, 0.15) is 44.8 Å². The Morgan fingerprint density at radius 2 is 0.400 bits per heavy atom. The van der Waals surface area contributed by atoms with E-state index in [-0.39, 0.29) is 23.3 Å². The predicted octanol–water partition coefficient (Wildman–Crippen LogP) is 11.7. The Labute approximate surface area is 468 Å². The van der Waals surface area contributed by atoms with E-state index in [4.69, 9.17) is 69.8 Å². The molecule has 24 nitrogen and oxygen atoms in total. The highest BCUT2D eigenvalue weighted by molar-refractivity contribution is 6.03. The molecular formula is C56H82N24. The molecule has 0 saturated carbocycles. The molecule has 2 aliphatic rings. The van der Waals surface area contributed by atoms with Gasteiger partial charge in [-0.15, -0.1) is 0 Å². The smallest absolute Gasteiger partial charge is 0.184 e. The summed E-state index contributed by atoms with van der Waals surface area (Å²) in [7, 11) is 0. The molecule has 0 radical (unpaired) electrons. The number of nitrogens with one attached hydrogen (secondary N) is 10. The fourth-order valence-corrected chi connectivity index (χ4v) is 9.01. The Morgan fingerprint density at radius 3 is 0.575 bits per heavy atom. The molecule has 0 aromatic carbocycles. The molecule has 7 aromatic heterocycles. The Hall–Kier alpha value is -7.92. The molecule has 2 aliphatic heterocycles. The normalized spacial score (nSPS) is 11.7. The van der Waals surface area contributed by atoms with E-state index >= 15 is 0 Å². The minimum atomic E-state index is 0.270. The van der Waals surface area contributed by atoms with Crippen LogP contribution in [-0.4, -0.2) is 132 Å². The highest BCUT2D eigenvalue weighted by atomic mass is 15.2. The van der Waals surface area contributed by atoms with Crippen LogP contribution in [0.2, 0.25) is 0 Å². The molecule has 7 aromatic rings. The summed E-state index contributed by atoms with van der Waals surface area (Å²) >= 11 is 0. The largest absolute Gasteiger partial charge is 0.367 e. The van der Waals surface area contributed by atoms with Gasteiger partial charge >= 0.3 is 0 Å². The summed E-state index contributed by atoms with van der Waals surface area (Å²) in [6.07, 6.45) is 15.6. The Bertz CT molecular complexity index is 2960. The first-order valence-electron chi connectivity index (χ1n) is 29.7. The SMILES string of the molecule is CCCCNc1nc2c(nc1NCCCC)-c1nc-2nc2[nH]c(nc3nc(nc4[nH]c(n1)c1nc(NCCCC)c(NCCCC)nc41)-c1nc(NCCCC)c(NCCCC)nc1-3)c1nc(NCCCC)c(NCCCC)nc21. The van der Waals surface area contributed by atoms with Gasteiger partial charge in [-0.25, -0.2) is 69.8 Å². The number of fused-ring (bicyclic) bond motifs is 20. The van der Waals surface area contributed by atoms with Crippen LogP contribution in [0.25, 0.3) is 90.7 Å². The quantitative estimate of drug-likeness (QED) is 0.0175. The van der Waals surface area contributed by atoms with Gasteiger partial charge in [-0.3, -0.25) is 0 Å². The van der Waals surface area contributed by atoms with Gasteiger partial charge in [0.25, 0.3) is 0 Å². The first-order valence-corrected chi connectivity index (χ1v) is 29.7. The molecule has 80 heavy (non-hydrogen) atoms. The maximum absolute atomic E-state index is 5.31. The van der Waals surface area contributed by atoms with Crippen LogP contribution in [-0.2, 0) is 0 Å². The average molecular weight is 1090 g/mol. The third-order valence-electron chi connectivity index (χ3n) is 13.7. The van der Waals surface area contributed by atoms with E-state index in [1.54, 1.807) is 0 Å². The summed E-state index contributed by atoms with van der Waals surface area (Å²) in [6, 6.07) is 0. The van der Waals surface area contributed by atoms with Gasteiger partial charge in [-0.1, -0.05) is 107 Å². The van der Waals surface area contributed by atoms with E-state index in [9.17, 15) is 0 Å². The summed E-state index contributed by atoms with van der Waals surface area (Å²) in [4.78, 5) is 81.0. The minimum Gasteiger partial charge on any atom is -0.367 e. The first kappa shape index (κ1) is 56.8. The van der Waals surface area contributed by atoms with Crippen LogP contribution in [0, 0.1) is 0 Å². The van der Waals surface area contributed by atoms with E-state index in [0.29, 0.717) is 166 Å². The Morgan fingerprint density at radius 1 is 0.225 bits per heavy atom. The lowest BCUT2D eigenvalue weighted by Gasteiger charge is -2.13. The van der Waals surface area contributed by atoms with Crippen molar-refractivity contribution in [2.45, 2.75) is 158 Å². The van der Waals surface area contributed by atoms with Crippen molar-refractivity contribution in [3.63, 3.8) is 0 Å². The second-order valence-corrected chi connectivity index (χ2v) is 20.3. The monoisotopic (exact) mass is 1090 g/mol. The number of rotatable bonds is 32. The number of aromatic nitrogens is 16. The first-order chi connectivity index (χ1) is 39.3. The number of hydrogen-bond donors (Lipinski definition) is 10. The molecule has 9 rings (SSSR count). The topological polar surface area (TPSA) is 308 Å². The van der Waals surface area contributed by atoms with Crippen molar-refractivity contribution in [1.29, 1.82) is 0 Å². The lowest BCUT2D eigenvalue weighted by molar-refractivity contribution is 0.822. The van der Waals surface area contributed by atoms with Gasteiger partial charge in [-0.05, 0) is 51.4 Å². The van der Waals surface area contributed by atoms with Crippen LogP contribution in [0.1, 0.15) is 158 Å². The Kier molecular flexibility index (Phi) is 19.7. The molecule has 426 valence electrons. The highest BCUT2D eigenvalue weighted by Crippen LogP contribution is 2.38. The number of hydrogen-bond acceptors (Lipinski definition) is 22. The molecule has 10 N–H and O–H groups in total. The van der Waals surface area contributed by atoms with Gasteiger partial charge in [0.2, 0.25) is 0 Å². The number of nitrogens with zero attached hydrogens (tertiary/aromatic N) is 14. The van der Waals surface area contributed by atoms with Crippen LogP contribution >= 0.6 is 0 Å². The zero-order valence-electron chi connectivity index (χ0n) is 48.2. The predicted molar refractivity (Wildman–Crippen MR) is 326 cm³/mol. The molecule has 0 saturated heterocycles. The van der Waals surface area contributed by atoms with E-state index in [1.807, 2.05) is 0 Å². The summed E-state index contributed by atoms with van der Waals surface area (Å²) in [5.74, 6) is 5.89. The number of aromatic amines is 2. The second kappa shape index (κ2) is 27.8. The van der Waals surface area contributed by atoms with Crippen molar-refractivity contribution >= 4 is 91.2 Å². The van der Waals surface area contributed by atoms with Crippen molar-refractivity contribution in [3.8, 4) is 46.1 Å². The third kappa shape index (κ3) is 13.1. The van der Waals surface area contributed by atoms with Gasteiger partial charge in [0.05, 0.1) is 0 Å². The second-order valence-electron chi connectivity index (χ2n) is 20.3. The maximum atomic E-state index is 5.31. The van der Waals surface area contributed by atoms with Gasteiger partial charge < -0.3 is 52.5 Å². The van der Waals surface area contributed by atoms with Crippen LogP contribution in [0.3, 0.4) is 0 Å². The third-order valence-corrected chi connectivity index (χ3v) is 13.7.